The number of methoxy groups -OCH3 is 1. The number of hydrogen-bond acceptors (Lipinski definition) is 7. The van der Waals surface area contributed by atoms with Crippen LogP contribution < -0.4 is 11.2 Å². The van der Waals surface area contributed by atoms with Gasteiger partial charge in [-0.05, 0) is 34.0 Å². The van der Waals surface area contributed by atoms with Gasteiger partial charge in [-0.15, -0.1) is 5.10 Å². The van der Waals surface area contributed by atoms with Gasteiger partial charge >= 0.3 is 5.69 Å². The summed E-state index contributed by atoms with van der Waals surface area (Å²) in [5.41, 5.74) is 3.90. The zero-order valence-corrected chi connectivity index (χ0v) is 19.6. The first kappa shape index (κ1) is 22.4. The van der Waals surface area contributed by atoms with Gasteiger partial charge in [-0.1, -0.05) is 48.5 Å². The third-order valence-corrected chi connectivity index (χ3v) is 6.08. The first-order valence-electron chi connectivity index (χ1n) is 11.1. The number of rotatable bonds is 7. The summed E-state index contributed by atoms with van der Waals surface area (Å²) in [7, 11) is 3.16. The van der Waals surface area contributed by atoms with E-state index >= 15 is 0 Å². The molecule has 0 saturated heterocycles. The van der Waals surface area contributed by atoms with Crippen molar-refractivity contribution in [3.05, 3.63) is 80.8 Å². The summed E-state index contributed by atoms with van der Waals surface area (Å²) in [5.74, 6) is 1.25. The predicted octanol–water partition coefficient (Wildman–Crippen LogP) is 1.75. The molecule has 0 aliphatic carbocycles. The predicted molar refractivity (Wildman–Crippen MR) is 130 cm³/mol. The van der Waals surface area contributed by atoms with Gasteiger partial charge in [0.15, 0.2) is 17.0 Å². The zero-order chi connectivity index (χ0) is 24.5. The smallest absolute Gasteiger partial charge is 0.332 e. The zero-order valence-electron chi connectivity index (χ0n) is 19.6. The van der Waals surface area contributed by atoms with Crippen molar-refractivity contribution >= 4 is 11.2 Å². The van der Waals surface area contributed by atoms with Crippen molar-refractivity contribution in [2.75, 3.05) is 13.7 Å². The average molecular weight is 473 g/mol. The SMILES string of the molecule is COCCn1c(=O)c2c(nc(C)n2Cc2ccc(-c3ccccc3-c3nnn[nH]3)cc2)n(C)c1=O. The molecular formula is C24H24N8O3. The fourth-order valence-corrected chi connectivity index (χ4v) is 4.24. The van der Waals surface area contributed by atoms with Gasteiger partial charge < -0.3 is 9.30 Å². The van der Waals surface area contributed by atoms with E-state index in [0.717, 1.165) is 22.3 Å². The van der Waals surface area contributed by atoms with Crippen molar-refractivity contribution < 1.29 is 4.74 Å². The highest BCUT2D eigenvalue weighted by Crippen LogP contribution is 2.30. The number of nitrogens with one attached hydrogen (secondary N) is 1. The Labute approximate surface area is 199 Å². The molecule has 11 heteroatoms. The maximum atomic E-state index is 13.2. The highest BCUT2D eigenvalue weighted by Gasteiger charge is 2.19. The Hall–Kier alpha value is -4.38. The third-order valence-electron chi connectivity index (χ3n) is 6.08. The Morgan fingerprint density at radius 3 is 2.43 bits per heavy atom. The minimum absolute atomic E-state index is 0.178. The Morgan fingerprint density at radius 1 is 1.00 bits per heavy atom. The number of hydrogen-bond donors (Lipinski definition) is 1. The summed E-state index contributed by atoms with van der Waals surface area (Å²) in [6, 6.07) is 16.0. The number of aromatic nitrogens is 8. The van der Waals surface area contributed by atoms with Gasteiger partial charge in [0.1, 0.15) is 5.82 Å². The molecule has 0 atom stereocenters. The van der Waals surface area contributed by atoms with Crippen LogP contribution in [0.4, 0.5) is 0 Å². The van der Waals surface area contributed by atoms with Crippen LogP contribution in [-0.2, 0) is 24.9 Å². The molecule has 2 aromatic carbocycles. The molecule has 35 heavy (non-hydrogen) atoms. The minimum Gasteiger partial charge on any atom is -0.383 e. The van der Waals surface area contributed by atoms with Crippen LogP contribution in [-0.4, -0.2) is 53.0 Å². The molecule has 5 rings (SSSR count). The normalized spacial score (nSPS) is 11.4. The first-order valence-corrected chi connectivity index (χ1v) is 11.1. The summed E-state index contributed by atoms with van der Waals surface area (Å²) < 4.78 is 9.53. The van der Waals surface area contributed by atoms with Crippen LogP contribution in [0.15, 0.2) is 58.1 Å². The topological polar surface area (TPSA) is 126 Å². The van der Waals surface area contributed by atoms with Crippen molar-refractivity contribution in [3.8, 4) is 22.5 Å². The van der Waals surface area contributed by atoms with Gasteiger partial charge in [0.05, 0.1) is 13.2 Å². The maximum absolute atomic E-state index is 13.2. The Bertz CT molecular complexity index is 1610. The van der Waals surface area contributed by atoms with Gasteiger partial charge in [-0.25, -0.2) is 14.9 Å². The van der Waals surface area contributed by atoms with Crippen LogP contribution in [0.5, 0.6) is 0 Å². The number of ether oxygens (including phenoxy) is 1. The molecule has 0 saturated carbocycles. The molecule has 0 radical (unpaired) electrons. The molecule has 0 bridgehead atoms. The second kappa shape index (κ2) is 9.11. The van der Waals surface area contributed by atoms with E-state index in [9.17, 15) is 9.59 Å². The highest BCUT2D eigenvalue weighted by atomic mass is 16.5. The molecular weight excluding hydrogens is 448 g/mol. The van der Waals surface area contributed by atoms with E-state index in [1.165, 1.54) is 16.2 Å². The maximum Gasteiger partial charge on any atom is 0.332 e. The quantitative estimate of drug-likeness (QED) is 0.382. The van der Waals surface area contributed by atoms with Gasteiger partial charge in [0.2, 0.25) is 0 Å². The molecule has 11 nitrogen and oxygen atoms in total. The van der Waals surface area contributed by atoms with Crippen LogP contribution in [0, 0.1) is 6.92 Å². The van der Waals surface area contributed by atoms with E-state index in [1.807, 2.05) is 60.0 Å². The largest absolute Gasteiger partial charge is 0.383 e. The second-order valence-corrected chi connectivity index (χ2v) is 8.20. The van der Waals surface area contributed by atoms with Crippen molar-refractivity contribution in [1.29, 1.82) is 0 Å². The second-order valence-electron chi connectivity index (χ2n) is 8.20. The lowest BCUT2D eigenvalue weighted by Crippen LogP contribution is -2.40. The number of tetrazole rings is 1. The van der Waals surface area contributed by atoms with Crippen LogP contribution in [0.25, 0.3) is 33.7 Å². The number of aromatic amines is 1. The molecule has 0 amide bonds. The van der Waals surface area contributed by atoms with Crippen LogP contribution in [0.2, 0.25) is 0 Å². The summed E-state index contributed by atoms with van der Waals surface area (Å²) in [6.45, 7) is 2.71. The van der Waals surface area contributed by atoms with E-state index in [4.69, 9.17) is 4.74 Å². The van der Waals surface area contributed by atoms with E-state index in [0.29, 0.717) is 29.4 Å². The fraction of sp³-hybridized carbons (Fsp3) is 0.250. The molecule has 0 unspecified atom stereocenters. The van der Waals surface area contributed by atoms with E-state index in [1.54, 1.807) is 7.05 Å². The molecule has 0 fully saturated rings. The van der Waals surface area contributed by atoms with Gasteiger partial charge in [-0.2, -0.15) is 0 Å². The lowest BCUT2D eigenvalue weighted by Gasteiger charge is -2.11. The number of fused-ring (bicyclic) bond motifs is 1. The number of H-pyrrole nitrogens is 1. The van der Waals surface area contributed by atoms with Gasteiger partial charge in [-0.3, -0.25) is 13.9 Å². The highest BCUT2D eigenvalue weighted by molar-refractivity contribution is 5.80. The van der Waals surface area contributed by atoms with Crippen molar-refractivity contribution in [1.82, 2.24) is 39.3 Å². The van der Waals surface area contributed by atoms with E-state index < -0.39 is 5.69 Å². The summed E-state index contributed by atoms with van der Waals surface area (Å²) in [6.07, 6.45) is 0. The van der Waals surface area contributed by atoms with E-state index in [2.05, 4.69) is 25.6 Å². The number of imidazole rings is 1. The summed E-state index contributed by atoms with van der Waals surface area (Å²) in [4.78, 5) is 30.4. The van der Waals surface area contributed by atoms with Crippen LogP contribution in [0.3, 0.4) is 0 Å². The molecule has 5 aromatic rings. The number of benzene rings is 2. The molecule has 1 N–H and O–H groups in total. The lowest BCUT2D eigenvalue weighted by atomic mass is 9.98. The summed E-state index contributed by atoms with van der Waals surface area (Å²) >= 11 is 0. The molecule has 3 heterocycles. The minimum atomic E-state index is -0.408. The van der Waals surface area contributed by atoms with Crippen LogP contribution in [0.1, 0.15) is 11.4 Å². The Kier molecular flexibility index (Phi) is 5.83. The standard InChI is InChI=1S/C24H24N8O3/c1-15-25-22-20(23(33)31(12-13-35-3)24(34)30(22)2)32(15)14-16-8-10-17(11-9-16)18-6-4-5-7-19(18)21-26-28-29-27-21/h4-11H,12-14H2,1-3H3,(H,26,27,28,29). The monoisotopic (exact) mass is 472 g/mol. The average Bonchev–Trinajstić information content (AvgIpc) is 3.52. The van der Waals surface area contributed by atoms with Crippen molar-refractivity contribution in [2.45, 2.75) is 20.0 Å². The van der Waals surface area contributed by atoms with Gasteiger partial charge in [0, 0.05) is 26.3 Å². The molecule has 0 spiro atoms. The van der Waals surface area contributed by atoms with Crippen LogP contribution >= 0.6 is 0 Å². The molecule has 3 aromatic heterocycles. The number of aryl methyl sites for hydroxylation is 2. The number of nitrogens with zero attached hydrogens (tertiary/aromatic N) is 7. The van der Waals surface area contributed by atoms with Gasteiger partial charge in [0.25, 0.3) is 5.56 Å². The summed E-state index contributed by atoms with van der Waals surface area (Å²) in [5, 5.41) is 14.2. The lowest BCUT2D eigenvalue weighted by molar-refractivity contribution is 0.184. The molecule has 0 aliphatic rings. The third kappa shape index (κ3) is 3.95. The Balaban J connectivity index is 1.53. The Morgan fingerprint density at radius 2 is 1.74 bits per heavy atom. The van der Waals surface area contributed by atoms with Crippen molar-refractivity contribution in [3.63, 3.8) is 0 Å². The van der Waals surface area contributed by atoms with E-state index in [-0.39, 0.29) is 18.7 Å². The van der Waals surface area contributed by atoms with Crippen molar-refractivity contribution in [2.24, 2.45) is 7.05 Å². The fourth-order valence-electron chi connectivity index (χ4n) is 4.24. The molecule has 0 aliphatic heterocycles. The molecule has 178 valence electrons. The first-order chi connectivity index (χ1) is 17.0.